The van der Waals surface area contributed by atoms with E-state index in [1.54, 1.807) is 12.0 Å². The molecule has 1 heterocycles. The van der Waals surface area contributed by atoms with Crippen molar-refractivity contribution in [3.63, 3.8) is 0 Å². The molecule has 2 atom stereocenters. The number of carbonyl (C=O) groups is 1. The molecule has 0 radical (unpaired) electrons. The summed E-state index contributed by atoms with van der Waals surface area (Å²) in [6.07, 6.45) is -0.180. The number of carbonyl (C=O) groups excluding carboxylic acids is 1. The highest BCUT2D eigenvalue weighted by Gasteiger charge is 2.52. The van der Waals surface area contributed by atoms with Crippen LogP contribution in [0.4, 0.5) is 0 Å². The van der Waals surface area contributed by atoms with Crippen LogP contribution in [0, 0.1) is 0 Å². The fraction of sp³-hybridized carbons (Fsp3) is 0.269. The standard InChI is InChI=1S/C26H27NO4/c1-30-23-14-12-21(13-15-23)18-27-25(28)16-24(31-19-22-10-6-3-7-11-22)26(27,29)17-20-8-4-2-5-9-20/h2-15,24,29H,16-19H2,1H3/t24-,26?/m1/s1. The van der Waals surface area contributed by atoms with E-state index in [2.05, 4.69) is 0 Å². The van der Waals surface area contributed by atoms with Crippen molar-refractivity contribution < 1.29 is 19.4 Å². The van der Waals surface area contributed by atoms with Crippen molar-refractivity contribution in [1.29, 1.82) is 0 Å². The lowest BCUT2D eigenvalue weighted by molar-refractivity contribution is -0.173. The van der Waals surface area contributed by atoms with Gasteiger partial charge in [0.15, 0.2) is 5.72 Å². The molecule has 1 saturated heterocycles. The maximum Gasteiger partial charge on any atom is 0.228 e. The van der Waals surface area contributed by atoms with Crippen LogP contribution >= 0.6 is 0 Å². The second kappa shape index (κ2) is 9.33. The summed E-state index contributed by atoms with van der Waals surface area (Å²) in [4.78, 5) is 14.5. The van der Waals surface area contributed by atoms with Crippen LogP contribution in [0.2, 0.25) is 0 Å². The van der Waals surface area contributed by atoms with E-state index in [1.807, 2.05) is 84.9 Å². The Kier molecular flexibility index (Phi) is 6.35. The van der Waals surface area contributed by atoms with Crippen molar-refractivity contribution in [1.82, 2.24) is 4.90 Å². The normalized spacial score (nSPS) is 20.8. The lowest BCUT2D eigenvalue weighted by Gasteiger charge is -2.37. The molecular formula is C26H27NO4. The van der Waals surface area contributed by atoms with Crippen molar-refractivity contribution in [3.05, 3.63) is 102 Å². The summed E-state index contributed by atoms with van der Waals surface area (Å²) in [7, 11) is 1.62. The van der Waals surface area contributed by atoms with Crippen molar-refractivity contribution in [2.24, 2.45) is 0 Å². The molecule has 1 aliphatic rings. The summed E-state index contributed by atoms with van der Waals surface area (Å²) >= 11 is 0. The number of aliphatic hydroxyl groups is 1. The number of likely N-dealkylation sites (tertiary alicyclic amines) is 1. The zero-order valence-corrected chi connectivity index (χ0v) is 17.6. The molecule has 0 spiro atoms. The van der Waals surface area contributed by atoms with Crippen LogP contribution in [-0.4, -0.2) is 34.9 Å². The van der Waals surface area contributed by atoms with Crippen molar-refractivity contribution in [2.45, 2.75) is 37.8 Å². The molecule has 0 aromatic heterocycles. The topological polar surface area (TPSA) is 59.0 Å². The molecule has 0 saturated carbocycles. The van der Waals surface area contributed by atoms with Gasteiger partial charge in [-0.3, -0.25) is 4.79 Å². The SMILES string of the molecule is COc1ccc(CN2C(=O)C[C@@H](OCc3ccccc3)C2(O)Cc2ccccc2)cc1. The fourth-order valence-corrected chi connectivity index (χ4v) is 4.03. The van der Waals surface area contributed by atoms with Gasteiger partial charge in [-0.25, -0.2) is 0 Å². The van der Waals surface area contributed by atoms with E-state index in [0.717, 1.165) is 22.4 Å². The molecular weight excluding hydrogens is 390 g/mol. The third kappa shape index (κ3) is 4.79. The molecule has 1 N–H and O–H groups in total. The lowest BCUT2D eigenvalue weighted by atomic mass is 9.97. The van der Waals surface area contributed by atoms with Gasteiger partial charge < -0.3 is 19.5 Å². The van der Waals surface area contributed by atoms with Gasteiger partial charge in [-0.15, -0.1) is 0 Å². The van der Waals surface area contributed by atoms with Gasteiger partial charge >= 0.3 is 0 Å². The third-order valence-corrected chi connectivity index (χ3v) is 5.75. The van der Waals surface area contributed by atoms with Crippen LogP contribution in [0.5, 0.6) is 5.75 Å². The first-order chi connectivity index (χ1) is 15.1. The Balaban J connectivity index is 1.58. The molecule has 3 aromatic rings. The number of hydrogen-bond donors (Lipinski definition) is 1. The number of ether oxygens (including phenoxy) is 2. The molecule has 1 amide bonds. The number of amides is 1. The maximum absolute atomic E-state index is 13.0. The van der Waals surface area contributed by atoms with Crippen molar-refractivity contribution >= 4 is 5.91 Å². The lowest BCUT2D eigenvalue weighted by Crippen LogP contribution is -2.53. The Bertz CT molecular complexity index is 991. The van der Waals surface area contributed by atoms with Crippen LogP contribution < -0.4 is 4.74 Å². The second-order valence-electron chi connectivity index (χ2n) is 7.86. The molecule has 4 rings (SSSR count). The van der Waals surface area contributed by atoms with E-state index in [0.29, 0.717) is 19.6 Å². The van der Waals surface area contributed by atoms with Crippen LogP contribution in [0.3, 0.4) is 0 Å². The summed E-state index contributed by atoms with van der Waals surface area (Å²) < 4.78 is 11.3. The molecule has 1 fully saturated rings. The van der Waals surface area contributed by atoms with Gasteiger partial charge in [-0.05, 0) is 28.8 Å². The summed E-state index contributed by atoms with van der Waals surface area (Å²) in [6.45, 7) is 0.642. The number of hydrogen-bond acceptors (Lipinski definition) is 4. The molecule has 0 aliphatic carbocycles. The molecule has 160 valence electrons. The minimum absolute atomic E-state index is 0.118. The number of benzene rings is 3. The predicted octanol–water partition coefficient (Wildman–Crippen LogP) is 3.94. The van der Waals surface area contributed by atoms with E-state index >= 15 is 0 Å². The molecule has 5 heteroatoms. The molecule has 31 heavy (non-hydrogen) atoms. The third-order valence-electron chi connectivity index (χ3n) is 5.75. The summed E-state index contributed by atoms with van der Waals surface area (Å²) in [5.41, 5.74) is 1.44. The van der Waals surface area contributed by atoms with Crippen molar-refractivity contribution in [3.8, 4) is 5.75 Å². The average Bonchev–Trinajstić information content (AvgIpc) is 3.03. The first-order valence-electron chi connectivity index (χ1n) is 10.4. The van der Waals surface area contributed by atoms with Gasteiger partial charge in [0.2, 0.25) is 5.91 Å². The first-order valence-corrected chi connectivity index (χ1v) is 10.4. The summed E-state index contributed by atoms with van der Waals surface area (Å²) in [5.74, 6) is 0.632. The highest BCUT2D eigenvalue weighted by molar-refractivity contribution is 5.80. The Morgan fingerprint density at radius 2 is 1.52 bits per heavy atom. The van der Waals surface area contributed by atoms with Crippen LogP contribution in [-0.2, 0) is 29.1 Å². The quantitative estimate of drug-likeness (QED) is 0.603. The largest absolute Gasteiger partial charge is 0.497 e. The van der Waals surface area contributed by atoms with E-state index in [-0.39, 0.29) is 12.3 Å². The second-order valence-corrected chi connectivity index (χ2v) is 7.86. The Morgan fingerprint density at radius 1 is 0.903 bits per heavy atom. The van der Waals surface area contributed by atoms with E-state index in [1.165, 1.54) is 0 Å². The van der Waals surface area contributed by atoms with Gasteiger partial charge in [0.25, 0.3) is 0 Å². The maximum atomic E-state index is 13.0. The van der Waals surface area contributed by atoms with Gasteiger partial charge in [-0.2, -0.15) is 0 Å². The Hall–Kier alpha value is -3.15. The van der Waals surface area contributed by atoms with Gasteiger partial charge in [0, 0.05) is 13.0 Å². The van der Waals surface area contributed by atoms with Crippen molar-refractivity contribution in [2.75, 3.05) is 7.11 Å². The van der Waals surface area contributed by atoms with E-state index in [4.69, 9.17) is 9.47 Å². The highest BCUT2D eigenvalue weighted by atomic mass is 16.5. The summed E-state index contributed by atoms with van der Waals surface area (Å²) in [5, 5.41) is 11.8. The minimum atomic E-state index is -1.44. The molecule has 1 unspecified atom stereocenters. The Morgan fingerprint density at radius 3 is 2.13 bits per heavy atom. The first kappa shape index (κ1) is 21.1. The predicted molar refractivity (Wildman–Crippen MR) is 118 cm³/mol. The molecule has 5 nitrogen and oxygen atoms in total. The zero-order chi connectivity index (χ0) is 21.7. The van der Waals surface area contributed by atoms with Gasteiger partial charge in [0.1, 0.15) is 11.9 Å². The molecule has 1 aliphatic heterocycles. The minimum Gasteiger partial charge on any atom is -0.497 e. The average molecular weight is 418 g/mol. The Labute approximate surface area is 182 Å². The fourth-order valence-electron chi connectivity index (χ4n) is 4.03. The smallest absolute Gasteiger partial charge is 0.228 e. The van der Waals surface area contributed by atoms with Crippen LogP contribution in [0.25, 0.3) is 0 Å². The zero-order valence-electron chi connectivity index (χ0n) is 17.6. The van der Waals surface area contributed by atoms with Crippen LogP contribution in [0.1, 0.15) is 23.1 Å². The van der Waals surface area contributed by atoms with E-state index in [9.17, 15) is 9.90 Å². The number of methoxy groups -OCH3 is 1. The summed E-state index contributed by atoms with van der Waals surface area (Å²) in [6, 6.07) is 27.1. The molecule has 0 bridgehead atoms. The molecule has 3 aromatic carbocycles. The van der Waals surface area contributed by atoms with Gasteiger partial charge in [0.05, 0.1) is 20.1 Å². The monoisotopic (exact) mass is 417 g/mol. The highest BCUT2D eigenvalue weighted by Crippen LogP contribution is 2.36. The van der Waals surface area contributed by atoms with Gasteiger partial charge in [-0.1, -0.05) is 72.8 Å². The van der Waals surface area contributed by atoms with Crippen LogP contribution in [0.15, 0.2) is 84.9 Å². The number of nitrogens with zero attached hydrogens (tertiary/aromatic N) is 1. The number of rotatable bonds is 8. The van der Waals surface area contributed by atoms with E-state index < -0.39 is 11.8 Å².